The van der Waals surface area contributed by atoms with Gasteiger partial charge in [-0.3, -0.25) is 4.68 Å². The first-order chi connectivity index (χ1) is 22.9. The van der Waals surface area contributed by atoms with E-state index in [-0.39, 0.29) is 47.4 Å². The maximum Gasteiger partial charge on any atom is 0.335 e. The quantitative estimate of drug-likeness (QED) is 0.176. The molecule has 2 aromatic carbocycles. The fourth-order valence-corrected chi connectivity index (χ4v) is 6.29. The van der Waals surface area contributed by atoms with E-state index in [2.05, 4.69) is 25.3 Å². The van der Waals surface area contributed by atoms with Crippen molar-refractivity contribution in [2.75, 3.05) is 6.61 Å². The number of aromatic nitrogens is 7. The SMILES string of the molecule is O=C(O)c1ccc2nc(Cc3cc(F)c(-c4cccc(OCc5nnc(-c6cnn(C7CC7)c6)s5)n4)cc3F)n(CC3CCO3)c2c1. The minimum atomic E-state index is -1.06. The maximum absolute atomic E-state index is 15.6. The Bertz CT molecular complexity index is 2140. The van der Waals surface area contributed by atoms with Crippen LogP contribution in [-0.2, 0) is 24.3 Å². The fraction of sp³-hybridized carbons (Fsp3) is 0.273. The van der Waals surface area contributed by atoms with E-state index >= 15 is 8.78 Å². The number of ether oxygens (including phenoxy) is 2. The van der Waals surface area contributed by atoms with Gasteiger partial charge in [-0.2, -0.15) is 5.10 Å². The van der Waals surface area contributed by atoms with Crippen LogP contribution in [0, 0.1) is 11.6 Å². The number of nitrogens with zero attached hydrogens (tertiary/aromatic N) is 7. The molecule has 47 heavy (non-hydrogen) atoms. The van der Waals surface area contributed by atoms with Gasteiger partial charge in [-0.25, -0.2) is 23.5 Å². The summed E-state index contributed by atoms with van der Waals surface area (Å²) in [6.07, 6.45) is 6.82. The lowest BCUT2D eigenvalue weighted by Gasteiger charge is -2.27. The van der Waals surface area contributed by atoms with Gasteiger partial charge in [0.15, 0.2) is 10.0 Å². The molecule has 1 aliphatic heterocycles. The van der Waals surface area contributed by atoms with Crippen LogP contribution in [0.15, 0.2) is 60.9 Å². The molecule has 11 nitrogen and oxygen atoms in total. The van der Waals surface area contributed by atoms with E-state index in [0.29, 0.717) is 41.1 Å². The van der Waals surface area contributed by atoms with Crippen LogP contribution < -0.4 is 4.74 Å². The molecule has 2 fully saturated rings. The van der Waals surface area contributed by atoms with Gasteiger partial charge in [0.25, 0.3) is 0 Å². The summed E-state index contributed by atoms with van der Waals surface area (Å²) in [6.45, 7) is 1.18. The Hall–Kier alpha value is -5.08. The Balaban J connectivity index is 1.00. The highest BCUT2D eigenvalue weighted by atomic mass is 32.1. The van der Waals surface area contributed by atoms with Crippen molar-refractivity contribution in [2.45, 2.75) is 51.0 Å². The van der Waals surface area contributed by atoms with Crippen LogP contribution in [0.2, 0.25) is 0 Å². The summed E-state index contributed by atoms with van der Waals surface area (Å²) in [6, 6.07) is 12.3. The summed E-state index contributed by atoms with van der Waals surface area (Å²) in [5.74, 6) is -1.61. The number of carboxylic acid groups (broad SMARTS) is 1. The predicted molar refractivity (Wildman–Crippen MR) is 167 cm³/mol. The number of aromatic carboxylic acids is 1. The number of halogens is 2. The summed E-state index contributed by atoms with van der Waals surface area (Å²) in [5.41, 5.74) is 2.50. The monoisotopic (exact) mass is 655 g/mol. The number of hydrogen-bond donors (Lipinski definition) is 1. The third-order valence-corrected chi connectivity index (χ3v) is 9.26. The zero-order chi connectivity index (χ0) is 32.1. The molecule has 5 heterocycles. The molecule has 0 bridgehead atoms. The van der Waals surface area contributed by atoms with E-state index < -0.39 is 17.6 Å². The van der Waals surface area contributed by atoms with E-state index in [0.717, 1.165) is 42.0 Å². The molecule has 1 saturated heterocycles. The van der Waals surface area contributed by atoms with Crippen molar-refractivity contribution in [3.63, 3.8) is 0 Å². The van der Waals surface area contributed by atoms with Crippen molar-refractivity contribution in [1.29, 1.82) is 0 Å². The molecule has 14 heteroatoms. The van der Waals surface area contributed by atoms with Gasteiger partial charge in [0.1, 0.15) is 24.1 Å². The third-order valence-electron chi connectivity index (χ3n) is 8.32. The average Bonchev–Trinajstić information content (AvgIpc) is 3.43. The fourth-order valence-electron chi connectivity index (χ4n) is 5.56. The van der Waals surface area contributed by atoms with Crippen molar-refractivity contribution in [2.24, 2.45) is 0 Å². The van der Waals surface area contributed by atoms with Gasteiger partial charge in [0.2, 0.25) is 5.88 Å². The number of carbonyl (C=O) groups is 1. The summed E-state index contributed by atoms with van der Waals surface area (Å²) in [7, 11) is 0. The largest absolute Gasteiger partial charge is 0.478 e. The van der Waals surface area contributed by atoms with Gasteiger partial charge >= 0.3 is 5.97 Å². The van der Waals surface area contributed by atoms with Gasteiger partial charge in [0, 0.05) is 30.9 Å². The van der Waals surface area contributed by atoms with Gasteiger partial charge in [0.05, 0.1) is 52.7 Å². The minimum absolute atomic E-state index is 0.00533. The Morgan fingerprint density at radius 3 is 2.72 bits per heavy atom. The number of fused-ring (bicyclic) bond motifs is 1. The molecule has 1 N–H and O–H groups in total. The molecule has 1 atom stereocenters. The van der Waals surface area contributed by atoms with Crippen molar-refractivity contribution in [1.82, 2.24) is 34.5 Å². The zero-order valence-electron chi connectivity index (χ0n) is 24.8. The number of carboxylic acids is 1. The maximum atomic E-state index is 15.6. The van der Waals surface area contributed by atoms with Crippen LogP contribution in [0.25, 0.3) is 32.9 Å². The average molecular weight is 656 g/mol. The van der Waals surface area contributed by atoms with Gasteiger partial charge in [-0.05, 0) is 61.2 Å². The molecular formula is C33H27F2N7O4S. The Morgan fingerprint density at radius 1 is 1.06 bits per heavy atom. The van der Waals surface area contributed by atoms with E-state index in [1.54, 1.807) is 36.5 Å². The molecule has 1 unspecified atom stereocenters. The molecule has 1 aliphatic carbocycles. The lowest BCUT2D eigenvalue weighted by Crippen LogP contribution is -2.31. The van der Waals surface area contributed by atoms with Gasteiger partial charge in [-0.15, -0.1) is 10.2 Å². The standard InChI is InChI=1S/C33H27F2N7O4S/c34-24-13-23(26-2-1-3-30(38-26)46-17-31-39-40-32(47-31)20-14-36-42(15-20)21-5-6-21)25(35)10-19(24)12-29-37-27-7-4-18(33(43)44)11-28(27)41(29)16-22-8-9-45-22/h1-4,7,10-11,13-15,21-22H,5-6,8-9,12,16-17H2,(H,43,44). The van der Waals surface area contributed by atoms with E-state index in [4.69, 9.17) is 9.47 Å². The predicted octanol–water partition coefficient (Wildman–Crippen LogP) is 6.08. The van der Waals surface area contributed by atoms with Crippen LogP contribution in [0.4, 0.5) is 8.78 Å². The first kappa shape index (κ1) is 29.3. The van der Waals surface area contributed by atoms with Crippen molar-refractivity contribution in [3.8, 4) is 27.7 Å². The summed E-state index contributed by atoms with van der Waals surface area (Å²) in [4.78, 5) is 20.7. The molecule has 2 aliphatic rings. The summed E-state index contributed by atoms with van der Waals surface area (Å²) < 4.78 is 46.4. The highest BCUT2D eigenvalue weighted by Crippen LogP contribution is 2.36. The van der Waals surface area contributed by atoms with E-state index in [1.165, 1.54) is 17.4 Å². The molecular weight excluding hydrogens is 628 g/mol. The normalized spacial score (nSPS) is 16.0. The van der Waals surface area contributed by atoms with Crippen LogP contribution in [0.1, 0.15) is 52.1 Å². The van der Waals surface area contributed by atoms with Crippen molar-refractivity contribution >= 4 is 28.3 Å². The molecule has 0 amide bonds. The smallest absolute Gasteiger partial charge is 0.335 e. The number of hydrogen-bond acceptors (Lipinski definition) is 9. The molecule has 1 saturated carbocycles. The second-order valence-electron chi connectivity index (χ2n) is 11.6. The van der Waals surface area contributed by atoms with Crippen molar-refractivity contribution < 1.29 is 28.2 Å². The van der Waals surface area contributed by atoms with Gasteiger partial charge in [-0.1, -0.05) is 17.4 Å². The second kappa shape index (κ2) is 11.9. The molecule has 4 aromatic heterocycles. The number of imidazole rings is 1. The molecule has 8 rings (SSSR count). The Morgan fingerprint density at radius 2 is 1.94 bits per heavy atom. The topological polar surface area (TPSA) is 130 Å². The highest BCUT2D eigenvalue weighted by Gasteiger charge is 2.25. The van der Waals surface area contributed by atoms with Crippen LogP contribution in [-0.4, -0.2) is 58.3 Å². The number of benzene rings is 2. The molecule has 0 radical (unpaired) electrons. The zero-order valence-corrected chi connectivity index (χ0v) is 25.7. The van der Waals surface area contributed by atoms with Crippen LogP contribution in [0.5, 0.6) is 5.88 Å². The van der Waals surface area contributed by atoms with E-state index in [9.17, 15) is 9.90 Å². The third kappa shape index (κ3) is 5.97. The highest BCUT2D eigenvalue weighted by molar-refractivity contribution is 7.14. The van der Waals surface area contributed by atoms with Crippen LogP contribution >= 0.6 is 11.3 Å². The van der Waals surface area contributed by atoms with Crippen molar-refractivity contribution in [3.05, 3.63) is 94.5 Å². The van der Waals surface area contributed by atoms with Crippen LogP contribution in [0.3, 0.4) is 0 Å². The molecule has 0 spiro atoms. The Labute approximate surface area is 270 Å². The molecule has 6 aromatic rings. The number of rotatable bonds is 11. The second-order valence-corrected chi connectivity index (χ2v) is 12.7. The first-order valence-corrected chi connectivity index (χ1v) is 16.0. The Kier molecular flexibility index (Phi) is 7.45. The lowest BCUT2D eigenvalue weighted by atomic mass is 10.0. The first-order valence-electron chi connectivity index (χ1n) is 15.2. The minimum Gasteiger partial charge on any atom is -0.478 e. The molecule has 238 valence electrons. The number of pyridine rings is 1. The summed E-state index contributed by atoms with van der Waals surface area (Å²) >= 11 is 1.39. The lowest BCUT2D eigenvalue weighted by molar-refractivity contribution is -0.0589. The van der Waals surface area contributed by atoms with Gasteiger partial charge < -0.3 is 19.1 Å². The van der Waals surface area contributed by atoms with E-state index in [1.807, 2.05) is 15.4 Å². The summed E-state index contributed by atoms with van der Waals surface area (Å²) in [5, 5.41) is 23.7.